The van der Waals surface area contributed by atoms with Crippen molar-refractivity contribution in [3.8, 4) is 0 Å². The second-order valence-electron chi connectivity index (χ2n) is 6.23. The lowest BCUT2D eigenvalue weighted by atomic mass is 9.96. The monoisotopic (exact) mass is 364 g/mol. The number of primary amides is 1. The molecule has 0 bridgehead atoms. The molecule has 2 N–H and O–H groups in total. The van der Waals surface area contributed by atoms with Crippen LogP contribution in [0.1, 0.15) is 31.0 Å². The van der Waals surface area contributed by atoms with Crippen molar-refractivity contribution in [1.82, 2.24) is 24.2 Å². The normalized spacial score (nSPS) is 17.6. The summed E-state index contributed by atoms with van der Waals surface area (Å²) in [6, 6.07) is 0. The number of carbonyl (C=O) groups is 2. The molecule has 0 aliphatic carbocycles. The first-order valence-corrected chi connectivity index (χ1v) is 8.66. The van der Waals surface area contributed by atoms with Crippen LogP contribution in [-0.4, -0.2) is 49.1 Å². The van der Waals surface area contributed by atoms with E-state index in [1.165, 1.54) is 0 Å². The van der Waals surface area contributed by atoms with Crippen LogP contribution >= 0.6 is 11.6 Å². The Bertz CT molecular complexity index is 755. The second-order valence-corrected chi connectivity index (χ2v) is 6.67. The van der Waals surface area contributed by atoms with Crippen molar-refractivity contribution in [3.05, 3.63) is 35.6 Å². The number of hydrogen-bond acceptors (Lipinski definition) is 4. The van der Waals surface area contributed by atoms with Crippen LogP contribution in [-0.2, 0) is 22.7 Å². The van der Waals surface area contributed by atoms with Gasteiger partial charge in [-0.2, -0.15) is 5.10 Å². The van der Waals surface area contributed by atoms with Crippen molar-refractivity contribution < 1.29 is 9.59 Å². The van der Waals surface area contributed by atoms with Gasteiger partial charge < -0.3 is 15.2 Å². The van der Waals surface area contributed by atoms with E-state index < -0.39 is 5.91 Å². The first kappa shape index (κ1) is 17.5. The molecule has 25 heavy (non-hydrogen) atoms. The van der Waals surface area contributed by atoms with Gasteiger partial charge in [-0.05, 0) is 12.8 Å². The quantitative estimate of drug-likeness (QED) is 0.826. The molecule has 0 radical (unpaired) electrons. The van der Waals surface area contributed by atoms with Crippen molar-refractivity contribution in [3.63, 3.8) is 0 Å². The fraction of sp³-hybridized carbons (Fsp3) is 0.500. The molecule has 2 aromatic rings. The number of likely N-dealkylation sites (tertiary alicyclic amines) is 1. The highest BCUT2D eigenvalue weighted by Gasteiger charge is 2.27. The Morgan fingerprint density at radius 1 is 1.40 bits per heavy atom. The summed E-state index contributed by atoms with van der Waals surface area (Å²) in [4.78, 5) is 29.9. The summed E-state index contributed by atoms with van der Waals surface area (Å²) in [5, 5.41) is 4.65. The molecule has 3 rings (SSSR count). The summed E-state index contributed by atoms with van der Waals surface area (Å²) in [5.74, 6) is 0.617. The smallest absolute Gasteiger partial charge is 0.237 e. The van der Waals surface area contributed by atoms with E-state index in [9.17, 15) is 9.59 Å². The number of aryl methyl sites for hydroxylation is 1. The van der Waals surface area contributed by atoms with Gasteiger partial charge in [0, 0.05) is 50.6 Å². The van der Waals surface area contributed by atoms with E-state index in [4.69, 9.17) is 17.3 Å². The standard InChI is InChI=1S/C16H21ClN6O2/c17-13-8-20-23(10-13)6-3-15(25)21-5-1-2-12(9-21)16-19-4-7-22(16)11-14(18)24/h4,7-8,10,12H,1-3,5-6,9,11H2,(H2,18,24)/t12-/m1/s1. The van der Waals surface area contributed by atoms with Gasteiger partial charge in [-0.1, -0.05) is 11.6 Å². The number of amides is 2. The molecule has 1 saturated heterocycles. The summed E-state index contributed by atoms with van der Waals surface area (Å²) in [7, 11) is 0. The maximum absolute atomic E-state index is 12.5. The summed E-state index contributed by atoms with van der Waals surface area (Å²) in [5.41, 5.74) is 5.28. The van der Waals surface area contributed by atoms with Gasteiger partial charge in [0.05, 0.1) is 11.2 Å². The molecule has 3 heterocycles. The number of imidazole rings is 1. The summed E-state index contributed by atoms with van der Waals surface area (Å²) >= 11 is 5.83. The number of nitrogens with zero attached hydrogens (tertiary/aromatic N) is 5. The molecule has 2 aromatic heterocycles. The predicted molar refractivity (Wildman–Crippen MR) is 91.8 cm³/mol. The Morgan fingerprint density at radius 2 is 2.24 bits per heavy atom. The van der Waals surface area contributed by atoms with E-state index >= 15 is 0 Å². The number of rotatable bonds is 6. The number of hydrogen-bond donors (Lipinski definition) is 1. The zero-order chi connectivity index (χ0) is 17.8. The SMILES string of the molecule is NC(=O)Cn1ccnc1[C@@H]1CCCN(C(=O)CCn2cc(Cl)cn2)C1. The first-order valence-electron chi connectivity index (χ1n) is 8.28. The van der Waals surface area contributed by atoms with Crippen LogP contribution < -0.4 is 5.73 Å². The van der Waals surface area contributed by atoms with Gasteiger partial charge in [-0.25, -0.2) is 4.98 Å². The predicted octanol–water partition coefficient (Wildman–Crippen LogP) is 1.01. The number of piperidine rings is 1. The highest BCUT2D eigenvalue weighted by molar-refractivity contribution is 6.30. The van der Waals surface area contributed by atoms with Crippen molar-refractivity contribution in [2.24, 2.45) is 5.73 Å². The third-order valence-corrected chi connectivity index (χ3v) is 4.56. The van der Waals surface area contributed by atoms with E-state index in [-0.39, 0.29) is 18.4 Å². The lowest BCUT2D eigenvalue weighted by molar-refractivity contribution is -0.132. The summed E-state index contributed by atoms with van der Waals surface area (Å²) in [6.07, 6.45) is 8.90. The van der Waals surface area contributed by atoms with Crippen molar-refractivity contribution in [1.29, 1.82) is 0 Å². The second kappa shape index (κ2) is 7.69. The van der Waals surface area contributed by atoms with E-state index in [1.807, 2.05) is 4.90 Å². The van der Waals surface area contributed by atoms with Gasteiger partial charge in [0.25, 0.3) is 0 Å². The zero-order valence-corrected chi connectivity index (χ0v) is 14.6. The molecule has 0 saturated carbocycles. The molecule has 0 spiro atoms. The Balaban J connectivity index is 1.60. The number of carbonyl (C=O) groups excluding carboxylic acids is 2. The van der Waals surface area contributed by atoms with Crippen LogP contribution in [0.2, 0.25) is 5.02 Å². The van der Waals surface area contributed by atoms with Crippen LogP contribution in [0.5, 0.6) is 0 Å². The lowest BCUT2D eigenvalue weighted by Crippen LogP contribution is -2.40. The van der Waals surface area contributed by atoms with Crippen LogP contribution in [0, 0.1) is 0 Å². The molecule has 134 valence electrons. The zero-order valence-electron chi connectivity index (χ0n) is 13.8. The summed E-state index contributed by atoms with van der Waals surface area (Å²) in [6.45, 7) is 1.96. The van der Waals surface area contributed by atoms with Gasteiger partial charge >= 0.3 is 0 Å². The molecule has 1 aliphatic heterocycles. The minimum atomic E-state index is -0.402. The van der Waals surface area contributed by atoms with Gasteiger partial charge in [0.15, 0.2) is 0 Å². The van der Waals surface area contributed by atoms with Crippen LogP contribution in [0.3, 0.4) is 0 Å². The molecule has 8 nitrogen and oxygen atoms in total. The van der Waals surface area contributed by atoms with E-state index in [2.05, 4.69) is 10.1 Å². The minimum Gasteiger partial charge on any atom is -0.368 e. The number of nitrogens with two attached hydrogens (primary N) is 1. The largest absolute Gasteiger partial charge is 0.368 e. The molecule has 9 heteroatoms. The Kier molecular flexibility index (Phi) is 5.37. The van der Waals surface area contributed by atoms with Crippen LogP contribution in [0.15, 0.2) is 24.8 Å². The van der Waals surface area contributed by atoms with E-state index in [0.29, 0.717) is 24.5 Å². The van der Waals surface area contributed by atoms with Crippen molar-refractivity contribution >= 4 is 23.4 Å². The van der Waals surface area contributed by atoms with Crippen LogP contribution in [0.4, 0.5) is 0 Å². The maximum Gasteiger partial charge on any atom is 0.237 e. The van der Waals surface area contributed by atoms with Crippen LogP contribution in [0.25, 0.3) is 0 Å². The van der Waals surface area contributed by atoms with Crippen molar-refractivity contribution in [2.75, 3.05) is 13.1 Å². The van der Waals surface area contributed by atoms with Gasteiger partial charge in [-0.15, -0.1) is 0 Å². The molecule has 1 aliphatic rings. The molecule has 0 aromatic carbocycles. The molecular formula is C16H21ClN6O2. The highest BCUT2D eigenvalue weighted by atomic mass is 35.5. The Labute approximate surface area is 150 Å². The van der Waals surface area contributed by atoms with E-state index in [1.54, 1.807) is 34.0 Å². The number of halogens is 1. The van der Waals surface area contributed by atoms with Crippen molar-refractivity contribution in [2.45, 2.75) is 38.3 Å². The minimum absolute atomic E-state index is 0.0873. The molecule has 1 atom stereocenters. The topological polar surface area (TPSA) is 99.0 Å². The van der Waals surface area contributed by atoms with Gasteiger partial charge in [-0.3, -0.25) is 14.3 Å². The Morgan fingerprint density at radius 3 is 2.96 bits per heavy atom. The first-order chi connectivity index (χ1) is 12.0. The molecule has 1 fully saturated rings. The molecule has 0 unspecified atom stereocenters. The highest BCUT2D eigenvalue weighted by Crippen LogP contribution is 2.26. The maximum atomic E-state index is 12.5. The van der Waals surface area contributed by atoms with E-state index in [0.717, 1.165) is 25.2 Å². The van der Waals surface area contributed by atoms with Gasteiger partial charge in [0.2, 0.25) is 11.8 Å². The molecule has 2 amide bonds. The fourth-order valence-corrected chi connectivity index (χ4v) is 3.38. The average molecular weight is 365 g/mol. The van der Waals surface area contributed by atoms with Gasteiger partial charge in [0.1, 0.15) is 12.4 Å². The summed E-state index contributed by atoms with van der Waals surface area (Å²) < 4.78 is 3.44. The Hall–Kier alpha value is -2.35. The molecular weight excluding hydrogens is 344 g/mol. The third kappa shape index (κ3) is 4.39. The third-order valence-electron chi connectivity index (χ3n) is 4.37. The average Bonchev–Trinajstić information content (AvgIpc) is 3.21. The fourth-order valence-electron chi connectivity index (χ4n) is 3.23. The number of aromatic nitrogens is 4. The lowest BCUT2D eigenvalue weighted by Gasteiger charge is -2.32.